The highest BCUT2D eigenvalue weighted by molar-refractivity contribution is 6.35. The van der Waals surface area contributed by atoms with E-state index in [9.17, 15) is 19.2 Å². The van der Waals surface area contributed by atoms with Crippen LogP contribution in [-0.2, 0) is 9.47 Å². The Labute approximate surface area is 202 Å². The van der Waals surface area contributed by atoms with Crippen LogP contribution in [0.15, 0.2) is 42.5 Å². The van der Waals surface area contributed by atoms with Gasteiger partial charge in [0, 0.05) is 31.9 Å². The Kier molecular flexibility index (Phi) is 6.61. The summed E-state index contributed by atoms with van der Waals surface area (Å²) < 4.78 is 11.1. The van der Waals surface area contributed by atoms with Crippen LogP contribution >= 0.6 is 0 Å². The Bertz CT molecular complexity index is 1170. The molecule has 0 aromatic heterocycles. The van der Waals surface area contributed by atoms with Gasteiger partial charge in [0.05, 0.1) is 34.6 Å². The zero-order valence-electron chi connectivity index (χ0n) is 19.2. The number of hydrogen-bond donors (Lipinski definition) is 2. The molecule has 0 spiro atoms. The van der Waals surface area contributed by atoms with Crippen LogP contribution in [0.4, 0.5) is 5.69 Å². The topological polar surface area (TPSA) is 114 Å². The molecule has 0 saturated carbocycles. The highest BCUT2D eigenvalue weighted by atomic mass is 16.5. The molecule has 2 atom stereocenters. The third-order valence-electron chi connectivity index (χ3n) is 6.57. The number of anilines is 1. The summed E-state index contributed by atoms with van der Waals surface area (Å²) in [5.41, 5.74) is 1.03. The van der Waals surface area contributed by atoms with E-state index >= 15 is 0 Å². The van der Waals surface area contributed by atoms with Crippen LogP contribution in [0.25, 0.3) is 0 Å². The average Bonchev–Trinajstić information content (AvgIpc) is 3.64. The lowest BCUT2D eigenvalue weighted by Gasteiger charge is -2.18. The number of fused-ring (bicyclic) bond motifs is 1. The van der Waals surface area contributed by atoms with E-state index in [1.54, 1.807) is 24.3 Å². The van der Waals surface area contributed by atoms with Gasteiger partial charge in [0.2, 0.25) is 0 Å². The summed E-state index contributed by atoms with van der Waals surface area (Å²) in [6.07, 6.45) is 3.67. The maximum atomic E-state index is 13.3. The minimum atomic E-state index is -0.571. The van der Waals surface area contributed by atoms with Crippen molar-refractivity contribution < 1.29 is 28.7 Å². The van der Waals surface area contributed by atoms with E-state index in [1.165, 1.54) is 18.2 Å². The molecule has 2 fully saturated rings. The molecule has 2 saturated heterocycles. The van der Waals surface area contributed by atoms with E-state index in [-0.39, 0.29) is 52.0 Å². The number of amides is 4. The largest absolute Gasteiger partial charge is 0.376 e. The summed E-state index contributed by atoms with van der Waals surface area (Å²) in [5.74, 6) is -1.83. The maximum absolute atomic E-state index is 13.3. The molecule has 0 unspecified atom stereocenters. The van der Waals surface area contributed by atoms with Crippen LogP contribution in [0.2, 0.25) is 0 Å². The second kappa shape index (κ2) is 9.97. The number of imide groups is 1. The van der Waals surface area contributed by atoms with Gasteiger partial charge in [-0.05, 0) is 56.0 Å². The Morgan fingerprint density at radius 3 is 2.11 bits per heavy atom. The maximum Gasteiger partial charge on any atom is 0.266 e. The highest BCUT2D eigenvalue weighted by Gasteiger charge is 2.39. The molecule has 0 radical (unpaired) electrons. The SMILES string of the molecule is O=C(NC[C@@H]1CCCO1)c1ccc2c(c1)C(=O)N(c1ccccc1C(=O)NC[C@@H]1CCCO1)C2=O. The number of rotatable bonds is 7. The molecular weight excluding hydrogens is 450 g/mol. The van der Waals surface area contributed by atoms with Crippen molar-refractivity contribution in [3.8, 4) is 0 Å². The Hall–Kier alpha value is -3.56. The van der Waals surface area contributed by atoms with E-state index in [2.05, 4.69) is 10.6 Å². The number of ether oxygens (including phenoxy) is 2. The van der Waals surface area contributed by atoms with Gasteiger partial charge in [-0.3, -0.25) is 19.2 Å². The molecule has 2 N–H and O–H groups in total. The van der Waals surface area contributed by atoms with Crippen LogP contribution in [0.1, 0.15) is 67.1 Å². The molecule has 5 rings (SSSR count). The van der Waals surface area contributed by atoms with Crippen molar-refractivity contribution in [2.45, 2.75) is 37.9 Å². The molecule has 182 valence electrons. The fourth-order valence-corrected chi connectivity index (χ4v) is 4.68. The zero-order valence-corrected chi connectivity index (χ0v) is 19.2. The number of hydrogen-bond acceptors (Lipinski definition) is 6. The van der Waals surface area contributed by atoms with E-state index in [1.807, 2.05) is 0 Å². The third-order valence-corrected chi connectivity index (χ3v) is 6.57. The average molecular weight is 478 g/mol. The van der Waals surface area contributed by atoms with Crippen LogP contribution < -0.4 is 15.5 Å². The summed E-state index contributed by atoms with van der Waals surface area (Å²) >= 11 is 0. The van der Waals surface area contributed by atoms with Crippen LogP contribution in [0.3, 0.4) is 0 Å². The van der Waals surface area contributed by atoms with Gasteiger partial charge in [0.25, 0.3) is 23.6 Å². The van der Waals surface area contributed by atoms with Crippen molar-refractivity contribution in [1.82, 2.24) is 10.6 Å². The van der Waals surface area contributed by atoms with Crippen LogP contribution in [0, 0.1) is 0 Å². The van der Waals surface area contributed by atoms with Crippen molar-refractivity contribution in [3.63, 3.8) is 0 Å². The smallest absolute Gasteiger partial charge is 0.266 e. The Balaban J connectivity index is 1.33. The van der Waals surface area contributed by atoms with E-state index in [0.29, 0.717) is 26.3 Å². The third kappa shape index (κ3) is 4.69. The molecule has 2 aromatic rings. The molecule has 2 aromatic carbocycles. The predicted molar refractivity (Wildman–Crippen MR) is 127 cm³/mol. The lowest BCUT2D eigenvalue weighted by molar-refractivity contribution is 0.0854. The van der Waals surface area contributed by atoms with Gasteiger partial charge in [-0.2, -0.15) is 0 Å². The number of nitrogens with one attached hydrogen (secondary N) is 2. The quantitative estimate of drug-likeness (QED) is 0.592. The second-order valence-electron chi connectivity index (χ2n) is 8.91. The fraction of sp³-hybridized carbons (Fsp3) is 0.385. The first-order valence-corrected chi connectivity index (χ1v) is 11.9. The standard InChI is InChI=1S/C26H27N3O6/c30-23(27-14-17-5-3-11-34-17)16-9-10-19-21(13-16)26(33)29(25(19)32)22-8-2-1-7-20(22)24(31)28-15-18-6-4-12-35-18/h1-2,7-10,13,17-18H,3-6,11-12,14-15H2,(H,27,30)(H,28,31)/t17-,18-/m0/s1. The molecule has 0 aliphatic carbocycles. The lowest BCUT2D eigenvalue weighted by Crippen LogP contribution is -2.35. The number of carbonyl (C=O) groups is 4. The lowest BCUT2D eigenvalue weighted by atomic mass is 10.1. The number of nitrogens with zero attached hydrogens (tertiary/aromatic N) is 1. The van der Waals surface area contributed by atoms with Crippen molar-refractivity contribution in [2.75, 3.05) is 31.2 Å². The first kappa shape index (κ1) is 23.2. The summed E-state index contributed by atoms with van der Waals surface area (Å²) in [6, 6.07) is 10.9. The molecule has 3 heterocycles. The summed E-state index contributed by atoms with van der Waals surface area (Å²) in [5, 5.41) is 5.67. The molecule has 35 heavy (non-hydrogen) atoms. The molecule has 4 amide bonds. The highest BCUT2D eigenvalue weighted by Crippen LogP contribution is 2.31. The summed E-state index contributed by atoms with van der Waals surface area (Å²) in [6.45, 7) is 2.13. The fourth-order valence-electron chi connectivity index (χ4n) is 4.68. The molecule has 3 aliphatic heterocycles. The second-order valence-corrected chi connectivity index (χ2v) is 8.91. The zero-order chi connectivity index (χ0) is 24.4. The monoisotopic (exact) mass is 477 g/mol. The van der Waals surface area contributed by atoms with Gasteiger partial charge in [-0.25, -0.2) is 4.90 Å². The van der Waals surface area contributed by atoms with Crippen LogP contribution in [0.5, 0.6) is 0 Å². The summed E-state index contributed by atoms with van der Waals surface area (Å²) in [7, 11) is 0. The van der Waals surface area contributed by atoms with E-state index < -0.39 is 11.8 Å². The minimum Gasteiger partial charge on any atom is -0.376 e. The number of carbonyl (C=O) groups excluding carboxylic acids is 4. The van der Waals surface area contributed by atoms with Gasteiger partial charge >= 0.3 is 0 Å². The van der Waals surface area contributed by atoms with Crippen molar-refractivity contribution in [2.24, 2.45) is 0 Å². The molecule has 0 bridgehead atoms. The first-order valence-electron chi connectivity index (χ1n) is 11.9. The Morgan fingerprint density at radius 2 is 1.46 bits per heavy atom. The van der Waals surface area contributed by atoms with Gasteiger partial charge < -0.3 is 20.1 Å². The molecule has 3 aliphatic rings. The van der Waals surface area contributed by atoms with Crippen molar-refractivity contribution in [3.05, 3.63) is 64.7 Å². The number of benzene rings is 2. The first-order chi connectivity index (χ1) is 17.0. The molecule has 9 heteroatoms. The Morgan fingerprint density at radius 1 is 0.829 bits per heavy atom. The predicted octanol–water partition coefficient (Wildman–Crippen LogP) is 2.30. The normalized spacial score (nSPS) is 21.3. The number of para-hydroxylation sites is 1. The molecular formula is C26H27N3O6. The van der Waals surface area contributed by atoms with Gasteiger partial charge in [-0.1, -0.05) is 12.1 Å². The summed E-state index contributed by atoms with van der Waals surface area (Å²) in [4.78, 5) is 53.0. The van der Waals surface area contributed by atoms with Gasteiger partial charge in [0.15, 0.2) is 0 Å². The van der Waals surface area contributed by atoms with Gasteiger partial charge in [-0.15, -0.1) is 0 Å². The van der Waals surface area contributed by atoms with E-state index in [0.717, 1.165) is 30.6 Å². The molecule has 9 nitrogen and oxygen atoms in total. The minimum absolute atomic E-state index is 0.00467. The van der Waals surface area contributed by atoms with Crippen LogP contribution in [-0.4, -0.2) is 62.1 Å². The van der Waals surface area contributed by atoms with Crippen molar-refractivity contribution in [1.29, 1.82) is 0 Å². The van der Waals surface area contributed by atoms with E-state index in [4.69, 9.17) is 9.47 Å². The van der Waals surface area contributed by atoms with Gasteiger partial charge in [0.1, 0.15) is 0 Å². The van der Waals surface area contributed by atoms with Crippen molar-refractivity contribution >= 4 is 29.3 Å².